The van der Waals surface area contributed by atoms with Gasteiger partial charge in [0.2, 0.25) is 0 Å². The molecule has 2 rings (SSSR count). The Kier molecular flexibility index (Phi) is 6.90. The molecule has 6 heteroatoms. The topological polar surface area (TPSA) is 40.2 Å². The highest BCUT2D eigenvalue weighted by molar-refractivity contribution is 6.74. The van der Waals surface area contributed by atoms with Crippen molar-refractivity contribution >= 4 is 16.6 Å². The van der Waals surface area contributed by atoms with E-state index >= 15 is 0 Å². The molecule has 23 heavy (non-hydrogen) atoms. The summed E-state index contributed by atoms with van der Waals surface area (Å²) in [6, 6.07) is 6.99. The molecule has 4 nitrogen and oxygen atoms in total. The molecule has 0 spiro atoms. The Morgan fingerprint density at radius 2 is 1.26 bits per heavy atom. The molecule has 0 aromatic carbocycles. The zero-order valence-electron chi connectivity index (χ0n) is 15.9. The second kappa shape index (κ2) is 8.10. The van der Waals surface area contributed by atoms with Gasteiger partial charge in [0.25, 0.3) is 0 Å². The van der Waals surface area contributed by atoms with Gasteiger partial charge in [-0.3, -0.25) is 0 Å². The van der Waals surface area contributed by atoms with Crippen molar-refractivity contribution in [2.45, 2.75) is 102 Å². The second-order valence-corrected chi connectivity index (χ2v) is 16.5. The van der Waals surface area contributed by atoms with Crippen LogP contribution in [-0.4, -0.2) is 47.8 Å². The molecule has 0 radical (unpaired) electrons. The Bertz CT molecular complexity index is 355. The first-order valence-electron chi connectivity index (χ1n) is 9.65. The average Bonchev–Trinajstić information content (AvgIpc) is 3.39. The SMILES string of the molecule is CC[Si](CC)(CC)O[C@@H]1[C@H]2O[C@H]2OC[C@H]1O[Si](CC)(CC)CC. The van der Waals surface area contributed by atoms with E-state index in [2.05, 4.69) is 41.5 Å². The minimum atomic E-state index is -1.67. The van der Waals surface area contributed by atoms with Crippen molar-refractivity contribution in [1.29, 1.82) is 0 Å². The fraction of sp³-hybridized carbons (Fsp3) is 1.00. The Hall–Kier alpha value is 0.274. The molecule has 2 aliphatic rings. The zero-order valence-corrected chi connectivity index (χ0v) is 17.9. The molecule has 0 aromatic heterocycles. The van der Waals surface area contributed by atoms with Gasteiger partial charge in [0.1, 0.15) is 12.2 Å². The van der Waals surface area contributed by atoms with E-state index in [4.69, 9.17) is 18.3 Å². The molecule has 0 bridgehead atoms. The monoisotopic (exact) mass is 360 g/mol. The van der Waals surface area contributed by atoms with Crippen LogP contribution in [0, 0.1) is 0 Å². The summed E-state index contributed by atoms with van der Waals surface area (Å²) < 4.78 is 25.1. The van der Waals surface area contributed by atoms with E-state index in [0.29, 0.717) is 6.61 Å². The first kappa shape index (κ1) is 19.6. The number of hydrogen-bond acceptors (Lipinski definition) is 4. The standard InChI is InChI=1S/C17H36O4Si2/c1-7-22(8-2,9-3)20-14-13-18-17-16(19-17)15(14)21-23(10-4,11-5)12-6/h14-17H,7-13H2,1-6H3/t14-,15+,16-,17-/m1/s1. The minimum Gasteiger partial charge on any atom is -0.409 e. The molecule has 0 aliphatic carbocycles. The number of hydrogen-bond donors (Lipinski definition) is 0. The van der Waals surface area contributed by atoms with Gasteiger partial charge in [-0.15, -0.1) is 0 Å². The van der Waals surface area contributed by atoms with Crippen LogP contribution in [0.2, 0.25) is 36.3 Å². The van der Waals surface area contributed by atoms with Gasteiger partial charge in [0.05, 0.1) is 12.7 Å². The van der Waals surface area contributed by atoms with E-state index in [1.54, 1.807) is 0 Å². The van der Waals surface area contributed by atoms with Crippen molar-refractivity contribution in [2.24, 2.45) is 0 Å². The minimum absolute atomic E-state index is 0.0435. The average molecular weight is 361 g/mol. The normalized spacial score (nSPS) is 31.0. The molecule has 4 atom stereocenters. The molecule has 0 amide bonds. The number of fused-ring (bicyclic) bond motifs is 1. The summed E-state index contributed by atoms with van der Waals surface area (Å²) in [7, 11) is -3.33. The Balaban J connectivity index is 2.13. The van der Waals surface area contributed by atoms with Crippen LogP contribution in [0.3, 0.4) is 0 Å². The van der Waals surface area contributed by atoms with Gasteiger partial charge in [0, 0.05) is 0 Å². The lowest BCUT2D eigenvalue weighted by Gasteiger charge is -2.41. The zero-order chi connectivity index (χ0) is 17.1. The number of rotatable bonds is 10. The van der Waals surface area contributed by atoms with Crippen molar-refractivity contribution in [2.75, 3.05) is 6.61 Å². The highest BCUT2D eigenvalue weighted by Crippen LogP contribution is 2.40. The van der Waals surface area contributed by atoms with E-state index in [0.717, 1.165) is 18.1 Å². The summed E-state index contributed by atoms with van der Waals surface area (Å²) in [5.41, 5.74) is 0. The molecule has 2 saturated heterocycles. The van der Waals surface area contributed by atoms with Gasteiger partial charge in [-0.2, -0.15) is 0 Å². The van der Waals surface area contributed by atoms with Crippen LogP contribution in [0.25, 0.3) is 0 Å². The van der Waals surface area contributed by atoms with E-state index in [-0.39, 0.29) is 24.6 Å². The lowest BCUT2D eigenvalue weighted by Crippen LogP contribution is -2.55. The molecule has 2 heterocycles. The summed E-state index contributed by atoms with van der Waals surface area (Å²) in [4.78, 5) is 0. The molecule has 2 fully saturated rings. The Morgan fingerprint density at radius 1 is 0.783 bits per heavy atom. The fourth-order valence-corrected chi connectivity index (χ4v) is 9.53. The predicted molar refractivity (Wildman–Crippen MR) is 98.8 cm³/mol. The fourth-order valence-electron chi connectivity index (χ4n) is 3.83. The first-order valence-corrected chi connectivity index (χ1v) is 14.7. The summed E-state index contributed by atoms with van der Waals surface area (Å²) in [6.45, 7) is 14.3. The largest absolute Gasteiger partial charge is 0.409 e. The van der Waals surface area contributed by atoms with Gasteiger partial charge in [-0.05, 0) is 36.3 Å². The van der Waals surface area contributed by atoms with Crippen LogP contribution in [0.5, 0.6) is 0 Å². The second-order valence-electron chi connectivity index (χ2n) is 7.03. The van der Waals surface area contributed by atoms with Crippen molar-refractivity contribution in [1.82, 2.24) is 0 Å². The van der Waals surface area contributed by atoms with Crippen molar-refractivity contribution < 1.29 is 18.3 Å². The van der Waals surface area contributed by atoms with E-state index in [1.165, 1.54) is 18.1 Å². The van der Waals surface area contributed by atoms with E-state index in [1.807, 2.05) is 0 Å². The molecular weight excluding hydrogens is 324 g/mol. The molecule has 0 saturated carbocycles. The van der Waals surface area contributed by atoms with Crippen molar-refractivity contribution in [3.05, 3.63) is 0 Å². The lowest BCUT2D eigenvalue weighted by molar-refractivity contribution is -0.0652. The first-order chi connectivity index (χ1) is 11.0. The van der Waals surface area contributed by atoms with Crippen LogP contribution in [0.4, 0.5) is 0 Å². The van der Waals surface area contributed by atoms with Crippen molar-refractivity contribution in [3.63, 3.8) is 0 Å². The molecule has 136 valence electrons. The molecule has 0 unspecified atom stereocenters. The third kappa shape index (κ3) is 4.10. The maximum Gasteiger partial charge on any atom is 0.192 e. The van der Waals surface area contributed by atoms with Gasteiger partial charge < -0.3 is 18.3 Å². The maximum absolute atomic E-state index is 6.80. The van der Waals surface area contributed by atoms with Gasteiger partial charge in [0.15, 0.2) is 22.9 Å². The molecule has 0 N–H and O–H groups in total. The van der Waals surface area contributed by atoms with Crippen LogP contribution >= 0.6 is 0 Å². The number of epoxide rings is 1. The van der Waals surface area contributed by atoms with Crippen LogP contribution in [0.15, 0.2) is 0 Å². The van der Waals surface area contributed by atoms with Crippen molar-refractivity contribution in [3.8, 4) is 0 Å². The maximum atomic E-state index is 6.80. The lowest BCUT2D eigenvalue weighted by atomic mass is 10.1. The van der Waals surface area contributed by atoms with Gasteiger partial charge in [-0.1, -0.05) is 41.5 Å². The van der Waals surface area contributed by atoms with Crippen LogP contribution in [0.1, 0.15) is 41.5 Å². The molecular formula is C17H36O4Si2. The smallest absolute Gasteiger partial charge is 0.192 e. The molecule has 2 aliphatic heterocycles. The Labute approximate surface area is 144 Å². The third-order valence-corrected chi connectivity index (χ3v) is 15.6. The predicted octanol–water partition coefficient (Wildman–Crippen LogP) is 4.52. The molecule has 0 aromatic rings. The summed E-state index contributed by atoms with van der Waals surface area (Å²) >= 11 is 0. The summed E-state index contributed by atoms with van der Waals surface area (Å²) in [5.74, 6) is 0. The number of ether oxygens (including phenoxy) is 2. The van der Waals surface area contributed by atoms with Gasteiger partial charge >= 0.3 is 0 Å². The van der Waals surface area contributed by atoms with Gasteiger partial charge in [-0.25, -0.2) is 0 Å². The summed E-state index contributed by atoms with van der Waals surface area (Å²) in [5, 5.41) is 0. The third-order valence-electron chi connectivity index (χ3n) is 6.25. The van der Waals surface area contributed by atoms with E-state index in [9.17, 15) is 0 Å². The van der Waals surface area contributed by atoms with E-state index < -0.39 is 16.6 Å². The quantitative estimate of drug-likeness (QED) is 0.424. The van der Waals surface area contributed by atoms with Crippen LogP contribution < -0.4 is 0 Å². The highest BCUT2D eigenvalue weighted by atomic mass is 28.4. The highest BCUT2D eigenvalue weighted by Gasteiger charge is 2.57. The summed E-state index contributed by atoms with van der Waals surface area (Å²) in [6.07, 6.45) is 0.194. The Morgan fingerprint density at radius 3 is 1.74 bits per heavy atom. The van der Waals surface area contributed by atoms with Crippen LogP contribution in [-0.2, 0) is 18.3 Å².